The number of rotatable bonds is 3. The summed E-state index contributed by atoms with van der Waals surface area (Å²) in [7, 11) is 0. The zero-order chi connectivity index (χ0) is 13.4. The SMILES string of the molecule is NCC(c1ccccc1Cl)N1CC2CCC(O)C2C1. The number of likely N-dealkylation sites (tertiary alicyclic amines) is 1. The van der Waals surface area contributed by atoms with E-state index in [1.165, 1.54) is 0 Å². The second-order valence-corrected chi connectivity index (χ2v) is 6.20. The van der Waals surface area contributed by atoms with Gasteiger partial charge in [0.25, 0.3) is 0 Å². The van der Waals surface area contributed by atoms with Gasteiger partial charge in [-0.1, -0.05) is 29.8 Å². The minimum atomic E-state index is -0.125. The third-order valence-electron chi connectivity index (χ3n) is 4.78. The van der Waals surface area contributed by atoms with Crippen LogP contribution in [-0.2, 0) is 0 Å². The lowest BCUT2D eigenvalue weighted by Gasteiger charge is -2.28. The van der Waals surface area contributed by atoms with E-state index in [4.69, 9.17) is 17.3 Å². The maximum absolute atomic E-state index is 10.0. The summed E-state index contributed by atoms with van der Waals surface area (Å²) < 4.78 is 0. The highest BCUT2D eigenvalue weighted by Crippen LogP contribution is 2.41. The minimum absolute atomic E-state index is 0.125. The zero-order valence-electron chi connectivity index (χ0n) is 11.0. The van der Waals surface area contributed by atoms with Crippen LogP contribution in [0.5, 0.6) is 0 Å². The number of nitrogens with zero attached hydrogens (tertiary/aromatic N) is 1. The first-order valence-electron chi connectivity index (χ1n) is 7.07. The average molecular weight is 281 g/mol. The zero-order valence-corrected chi connectivity index (χ0v) is 11.8. The van der Waals surface area contributed by atoms with Crippen molar-refractivity contribution in [2.24, 2.45) is 17.6 Å². The minimum Gasteiger partial charge on any atom is -0.393 e. The molecule has 1 aliphatic carbocycles. The Morgan fingerprint density at radius 2 is 2.11 bits per heavy atom. The topological polar surface area (TPSA) is 49.5 Å². The summed E-state index contributed by atoms with van der Waals surface area (Å²) in [5.41, 5.74) is 7.09. The highest BCUT2D eigenvalue weighted by Gasteiger charge is 2.43. The van der Waals surface area contributed by atoms with Crippen LogP contribution in [0, 0.1) is 11.8 Å². The van der Waals surface area contributed by atoms with Crippen molar-refractivity contribution < 1.29 is 5.11 Å². The molecule has 0 bridgehead atoms. The van der Waals surface area contributed by atoms with Crippen molar-refractivity contribution in [3.63, 3.8) is 0 Å². The van der Waals surface area contributed by atoms with Crippen molar-refractivity contribution in [1.29, 1.82) is 0 Å². The number of benzene rings is 1. The van der Waals surface area contributed by atoms with Crippen LogP contribution < -0.4 is 5.73 Å². The summed E-state index contributed by atoms with van der Waals surface area (Å²) in [6.07, 6.45) is 1.98. The molecule has 3 N–H and O–H groups in total. The lowest BCUT2D eigenvalue weighted by atomic mass is 10.00. The molecule has 4 unspecified atom stereocenters. The Kier molecular flexibility index (Phi) is 3.81. The summed E-state index contributed by atoms with van der Waals surface area (Å²) in [4.78, 5) is 2.40. The molecule has 0 amide bonds. The molecule has 3 nitrogen and oxygen atoms in total. The lowest BCUT2D eigenvalue weighted by molar-refractivity contribution is 0.118. The third kappa shape index (κ3) is 2.40. The molecule has 19 heavy (non-hydrogen) atoms. The molecular formula is C15H21ClN2O. The second kappa shape index (κ2) is 5.41. The van der Waals surface area contributed by atoms with Crippen LogP contribution in [0.3, 0.4) is 0 Å². The van der Waals surface area contributed by atoms with Crippen molar-refractivity contribution in [2.75, 3.05) is 19.6 Å². The summed E-state index contributed by atoms with van der Waals surface area (Å²) >= 11 is 6.29. The summed E-state index contributed by atoms with van der Waals surface area (Å²) in [6.45, 7) is 2.55. The highest BCUT2D eigenvalue weighted by atomic mass is 35.5. The van der Waals surface area contributed by atoms with Crippen molar-refractivity contribution in [1.82, 2.24) is 4.90 Å². The van der Waals surface area contributed by atoms with Gasteiger partial charge in [0.05, 0.1) is 6.10 Å². The van der Waals surface area contributed by atoms with Crippen molar-refractivity contribution in [3.8, 4) is 0 Å². The number of aliphatic hydroxyl groups is 1. The van der Waals surface area contributed by atoms with Crippen LogP contribution in [0.1, 0.15) is 24.4 Å². The number of hydrogen-bond donors (Lipinski definition) is 2. The molecule has 1 aromatic rings. The van der Waals surface area contributed by atoms with Crippen LogP contribution in [0.15, 0.2) is 24.3 Å². The fraction of sp³-hybridized carbons (Fsp3) is 0.600. The fourth-order valence-corrected chi connectivity index (χ4v) is 4.01. The van der Waals surface area contributed by atoms with Gasteiger partial charge in [-0.2, -0.15) is 0 Å². The Morgan fingerprint density at radius 1 is 1.32 bits per heavy atom. The monoisotopic (exact) mass is 280 g/mol. The van der Waals surface area contributed by atoms with Gasteiger partial charge in [0.15, 0.2) is 0 Å². The van der Waals surface area contributed by atoms with Gasteiger partial charge in [0.2, 0.25) is 0 Å². The Balaban J connectivity index is 1.79. The fourth-order valence-electron chi connectivity index (χ4n) is 3.74. The molecule has 1 aromatic carbocycles. The summed E-state index contributed by atoms with van der Waals surface area (Å²) in [5, 5.41) is 10.8. The quantitative estimate of drug-likeness (QED) is 0.891. The first-order valence-corrected chi connectivity index (χ1v) is 7.45. The van der Waals surface area contributed by atoms with E-state index in [9.17, 15) is 5.11 Å². The molecular weight excluding hydrogens is 260 g/mol. The van der Waals surface area contributed by atoms with E-state index in [1.54, 1.807) is 0 Å². The Morgan fingerprint density at radius 3 is 2.79 bits per heavy atom. The molecule has 1 saturated heterocycles. The maximum atomic E-state index is 10.0. The van der Waals surface area contributed by atoms with Crippen LogP contribution in [0.2, 0.25) is 5.02 Å². The van der Waals surface area contributed by atoms with Gasteiger partial charge >= 0.3 is 0 Å². The third-order valence-corrected chi connectivity index (χ3v) is 5.12. The van der Waals surface area contributed by atoms with E-state index in [2.05, 4.69) is 11.0 Å². The predicted molar refractivity (Wildman–Crippen MR) is 77.0 cm³/mol. The summed E-state index contributed by atoms with van der Waals surface area (Å²) in [5.74, 6) is 1.06. The van der Waals surface area contributed by atoms with E-state index in [-0.39, 0.29) is 12.1 Å². The average Bonchev–Trinajstić information content (AvgIpc) is 2.96. The number of halogens is 1. The molecule has 0 radical (unpaired) electrons. The van der Waals surface area contributed by atoms with Crippen LogP contribution >= 0.6 is 11.6 Å². The van der Waals surface area contributed by atoms with Gasteiger partial charge in [0.1, 0.15) is 0 Å². The van der Waals surface area contributed by atoms with E-state index in [1.807, 2.05) is 18.2 Å². The first kappa shape index (κ1) is 13.4. The van der Waals surface area contributed by atoms with Gasteiger partial charge in [-0.05, 0) is 30.4 Å². The Labute approximate surface area is 119 Å². The van der Waals surface area contributed by atoms with Crippen molar-refractivity contribution in [2.45, 2.75) is 25.0 Å². The number of nitrogens with two attached hydrogens (primary N) is 1. The van der Waals surface area contributed by atoms with Gasteiger partial charge < -0.3 is 10.8 Å². The van der Waals surface area contributed by atoms with E-state index >= 15 is 0 Å². The molecule has 0 spiro atoms. The van der Waals surface area contributed by atoms with Gasteiger partial charge in [0, 0.05) is 36.6 Å². The van der Waals surface area contributed by atoms with Crippen molar-refractivity contribution in [3.05, 3.63) is 34.9 Å². The first-order chi connectivity index (χ1) is 9.20. The largest absolute Gasteiger partial charge is 0.393 e. The standard InChI is InChI=1S/C15H21ClN2O/c16-13-4-2-1-3-11(13)14(7-17)18-8-10-5-6-15(19)12(10)9-18/h1-4,10,12,14-15,19H,5-9,17H2. The van der Waals surface area contributed by atoms with Gasteiger partial charge in [-0.25, -0.2) is 0 Å². The maximum Gasteiger partial charge on any atom is 0.0583 e. The summed E-state index contributed by atoms with van der Waals surface area (Å²) in [6, 6.07) is 8.11. The van der Waals surface area contributed by atoms with Crippen LogP contribution in [0.25, 0.3) is 0 Å². The lowest BCUT2D eigenvalue weighted by Crippen LogP contribution is -2.33. The molecule has 0 aromatic heterocycles. The molecule has 4 atom stereocenters. The number of aliphatic hydroxyl groups excluding tert-OH is 1. The molecule has 2 fully saturated rings. The second-order valence-electron chi connectivity index (χ2n) is 5.80. The normalized spacial score (nSPS) is 32.5. The van der Waals surface area contributed by atoms with Gasteiger partial charge in [-0.15, -0.1) is 0 Å². The van der Waals surface area contributed by atoms with E-state index < -0.39 is 0 Å². The molecule has 1 saturated carbocycles. The number of hydrogen-bond acceptors (Lipinski definition) is 3. The van der Waals surface area contributed by atoms with Gasteiger partial charge in [-0.3, -0.25) is 4.90 Å². The number of fused-ring (bicyclic) bond motifs is 1. The molecule has 3 rings (SSSR count). The molecule has 4 heteroatoms. The Hall–Kier alpha value is -0.610. The Bertz CT molecular complexity index is 454. The van der Waals surface area contributed by atoms with Crippen LogP contribution in [0.4, 0.5) is 0 Å². The van der Waals surface area contributed by atoms with Crippen LogP contribution in [-0.4, -0.2) is 35.7 Å². The molecule has 2 aliphatic rings. The van der Waals surface area contributed by atoms with E-state index in [0.717, 1.165) is 36.5 Å². The molecule has 104 valence electrons. The highest BCUT2D eigenvalue weighted by molar-refractivity contribution is 6.31. The molecule has 1 aliphatic heterocycles. The van der Waals surface area contributed by atoms with E-state index in [0.29, 0.717) is 18.4 Å². The molecule has 1 heterocycles. The smallest absolute Gasteiger partial charge is 0.0583 e. The predicted octanol–water partition coefficient (Wildman–Crippen LogP) is 2.04. The van der Waals surface area contributed by atoms with Crippen molar-refractivity contribution >= 4 is 11.6 Å².